The van der Waals surface area contributed by atoms with Gasteiger partial charge in [0, 0.05) is 18.2 Å². The van der Waals surface area contributed by atoms with Crippen LogP contribution >= 0.6 is 0 Å². The Labute approximate surface area is 125 Å². The van der Waals surface area contributed by atoms with Gasteiger partial charge in [-0.3, -0.25) is 0 Å². The first-order chi connectivity index (χ1) is 10.3. The maximum Gasteiger partial charge on any atom is 0.218 e. The number of anilines is 1. The van der Waals surface area contributed by atoms with E-state index in [0.717, 1.165) is 30.0 Å². The van der Waals surface area contributed by atoms with Gasteiger partial charge >= 0.3 is 0 Å². The number of aromatic nitrogens is 2. The summed E-state index contributed by atoms with van der Waals surface area (Å²) in [5.41, 5.74) is 1.08. The Kier molecular flexibility index (Phi) is 5.82. The van der Waals surface area contributed by atoms with Crippen LogP contribution in [0.4, 0.5) is 5.82 Å². The average molecular weight is 287 g/mol. The second kappa shape index (κ2) is 8.09. The van der Waals surface area contributed by atoms with E-state index in [1.165, 1.54) is 6.33 Å². The molecule has 1 heterocycles. The number of nitrogens with one attached hydrogen (secondary N) is 1. The lowest BCUT2D eigenvalue weighted by molar-refractivity contribution is 0.297. The van der Waals surface area contributed by atoms with Gasteiger partial charge in [-0.2, -0.15) is 0 Å². The Balaban J connectivity index is 1.95. The Morgan fingerprint density at radius 2 is 2.05 bits per heavy atom. The molecule has 21 heavy (non-hydrogen) atoms. The molecule has 0 aliphatic heterocycles. The van der Waals surface area contributed by atoms with Gasteiger partial charge in [-0.1, -0.05) is 31.5 Å². The molecule has 0 bridgehead atoms. The maximum atomic E-state index is 5.57. The maximum absolute atomic E-state index is 5.57. The number of rotatable bonds is 8. The zero-order chi connectivity index (χ0) is 14.9. The molecule has 5 nitrogen and oxygen atoms in total. The van der Waals surface area contributed by atoms with Crippen molar-refractivity contribution in [3.05, 3.63) is 42.2 Å². The van der Waals surface area contributed by atoms with E-state index in [2.05, 4.69) is 22.2 Å². The first-order valence-electron chi connectivity index (χ1n) is 7.14. The molecule has 1 aromatic carbocycles. The summed E-state index contributed by atoms with van der Waals surface area (Å²) in [6.45, 7) is 3.44. The summed E-state index contributed by atoms with van der Waals surface area (Å²) in [5, 5.41) is 3.26. The summed E-state index contributed by atoms with van der Waals surface area (Å²) in [6.07, 6.45) is 3.63. The molecule has 0 saturated heterocycles. The minimum absolute atomic E-state index is 0.598. The molecule has 0 spiro atoms. The molecule has 0 saturated carbocycles. The molecule has 1 N–H and O–H groups in total. The van der Waals surface area contributed by atoms with E-state index in [1.807, 2.05) is 30.3 Å². The van der Waals surface area contributed by atoms with Crippen molar-refractivity contribution in [2.75, 3.05) is 19.0 Å². The highest BCUT2D eigenvalue weighted by Gasteiger charge is 2.03. The molecule has 5 heteroatoms. The quantitative estimate of drug-likeness (QED) is 0.755. The number of hydrogen-bond donors (Lipinski definition) is 1. The number of ether oxygens (including phenoxy) is 2. The zero-order valence-electron chi connectivity index (χ0n) is 12.5. The van der Waals surface area contributed by atoms with Crippen molar-refractivity contribution in [3.8, 4) is 11.6 Å². The molecular formula is C16H21N3O2. The van der Waals surface area contributed by atoms with Crippen molar-refractivity contribution in [2.24, 2.45) is 0 Å². The predicted molar refractivity (Wildman–Crippen MR) is 82.8 cm³/mol. The minimum atomic E-state index is 0.598. The lowest BCUT2D eigenvalue weighted by Crippen LogP contribution is -2.05. The van der Waals surface area contributed by atoms with Gasteiger partial charge in [-0.15, -0.1) is 0 Å². The fraction of sp³-hybridized carbons (Fsp3) is 0.375. The van der Waals surface area contributed by atoms with E-state index < -0.39 is 0 Å². The SMILES string of the molecule is CCCCOc1cc(NCc2ccccc2OC)ncn1. The fourth-order valence-corrected chi connectivity index (χ4v) is 1.87. The smallest absolute Gasteiger partial charge is 0.218 e. The third-order valence-corrected chi connectivity index (χ3v) is 3.04. The number of benzene rings is 1. The molecule has 0 aliphatic rings. The largest absolute Gasteiger partial charge is 0.496 e. The van der Waals surface area contributed by atoms with Crippen LogP contribution in [0.1, 0.15) is 25.3 Å². The van der Waals surface area contributed by atoms with E-state index in [-0.39, 0.29) is 0 Å². The summed E-state index contributed by atoms with van der Waals surface area (Å²) in [5.74, 6) is 2.20. The molecule has 0 atom stereocenters. The van der Waals surface area contributed by atoms with E-state index in [9.17, 15) is 0 Å². The highest BCUT2D eigenvalue weighted by molar-refractivity contribution is 5.41. The summed E-state index contributed by atoms with van der Waals surface area (Å²) in [6, 6.07) is 9.71. The lowest BCUT2D eigenvalue weighted by Gasteiger charge is -2.10. The average Bonchev–Trinajstić information content (AvgIpc) is 2.54. The summed E-state index contributed by atoms with van der Waals surface area (Å²) in [4.78, 5) is 8.30. The lowest BCUT2D eigenvalue weighted by atomic mass is 10.2. The number of nitrogens with zero attached hydrogens (tertiary/aromatic N) is 2. The normalized spacial score (nSPS) is 10.2. The van der Waals surface area contributed by atoms with Crippen LogP contribution in [0.15, 0.2) is 36.7 Å². The van der Waals surface area contributed by atoms with Crippen LogP contribution in [-0.2, 0) is 6.54 Å². The van der Waals surface area contributed by atoms with Crippen LogP contribution in [0.2, 0.25) is 0 Å². The Bertz CT molecular complexity index is 561. The van der Waals surface area contributed by atoms with Gasteiger partial charge in [0.25, 0.3) is 0 Å². The molecular weight excluding hydrogens is 266 g/mol. The van der Waals surface area contributed by atoms with Gasteiger partial charge in [0.15, 0.2) is 0 Å². The van der Waals surface area contributed by atoms with E-state index in [4.69, 9.17) is 9.47 Å². The molecule has 2 rings (SSSR count). The van der Waals surface area contributed by atoms with Crippen LogP contribution in [0.3, 0.4) is 0 Å². The summed E-state index contributed by atoms with van der Waals surface area (Å²) in [7, 11) is 1.67. The van der Waals surface area contributed by atoms with E-state index in [0.29, 0.717) is 19.0 Å². The highest BCUT2D eigenvalue weighted by Crippen LogP contribution is 2.19. The van der Waals surface area contributed by atoms with Crippen LogP contribution < -0.4 is 14.8 Å². The number of methoxy groups -OCH3 is 1. The molecule has 2 aromatic rings. The molecule has 1 aromatic heterocycles. The molecule has 112 valence electrons. The second-order valence-corrected chi connectivity index (χ2v) is 4.61. The topological polar surface area (TPSA) is 56.3 Å². The molecule has 0 radical (unpaired) electrons. The fourth-order valence-electron chi connectivity index (χ4n) is 1.87. The van der Waals surface area contributed by atoms with Crippen molar-refractivity contribution < 1.29 is 9.47 Å². The van der Waals surface area contributed by atoms with Crippen molar-refractivity contribution in [3.63, 3.8) is 0 Å². The summed E-state index contributed by atoms with van der Waals surface area (Å²) >= 11 is 0. The standard InChI is InChI=1S/C16H21N3O2/c1-3-4-9-21-16-10-15(18-12-19-16)17-11-13-7-5-6-8-14(13)20-2/h5-8,10,12H,3-4,9,11H2,1-2H3,(H,17,18,19). The third kappa shape index (κ3) is 4.63. The minimum Gasteiger partial charge on any atom is -0.496 e. The van der Waals surface area contributed by atoms with Crippen LogP contribution in [0.25, 0.3) is 0 Å². The van der Waals surface area contributed by atoms with Crippen molar-refractivity contribution in [1.29, 1.82) is 0 Å². The van der Waals surface area contributed by atoms with Crippen LogP contribution in [-0.4, -0.2) is 23.7 Å². The predicted octanol–water partition coefficient (Wildman–Crippen LogP) is 3.28. The van der Waals surface area contributed by atoms with Gasteiger partial charge in [0.1, 0.15) is 17.9 Å². The van der Waals surface area contributed by atoms with Crippen LogP contribution in [0.5, 0.6) is 11.6 Å². The first kappa shape index (κ1) is 15.1. The molecule has 0 unspecified atom stereocenters. The molecule has 0 amide bonds. The van der Waals surface area contributed by atoms with E-state index >= 15 is 0 Å². The highest BCUT2D eigenvalue weighted by atomic mass is 16.5. The Morgan fingerprint density at radius 1 is 1.19 bits per heavy atom. The summed E-state index contributed by atoms with van der Waals surface area (Å²) < 4.78 is 10.9. The van der Waals surface area contributed by atoms with E-state index in [1.54, 1.807) is 7.11 Å². The number of para-hydroxylation sites is 1. The third-order valence-electron chi connectivity index (χ3n) is 3.04. The zero-order valence-corrected chi connectivity index (χ0v) is 12.5. The van der Waals surface area contributed by atoms with Crippen LogP contribution in [0, 0.1) is 0 Å². The van der Waals surface area contributed by atoms with Gasteiger partial charge in [0.2, 0.25) is 5.88 Å². The van der Waals surface area contributed by atoms with Gasteiger partial charge < -0.3 is 14.8 Å². The Hall–Kier alpha value is -2.30. The monoisotopic (exact) mass is 287 g/mol. The van der Waals surface area contributed by atoms with Crippen molar-refractivity contribution in [2.45, 2.75) is 26.3 Å². The van der Waals surface area contributed by atoms with Crippen molar-refractivity contribution in [1.82, 2.24) is 9.97 Å². The van der Waals surface area contributed by atoms with Gasteiger partial charge in [0.05, 0.1) is 13.7 Å². The number of hydrogen-bond acceptors (Lipinski definition) is 5. The van der Waals surface area contributed by atoms with Gasteiger partial charge in [-0.05, 0) is 12.5 Å². The second-order valence-electron chi connectivity index (χ2n) is 4.61. The van der Waals surface area contributed by atoms with Gasteiger partial charge in [-0.25, -0.2) is 9.97 Å². The first-order valence-corrected chi connectivity index (χ1v) is 7.14. The Morgan fingerprint density at radius 3 is 2.86 bits per heavy atom. The number of unbranched alkanes of at least 4 members (excludes halogenated alkanes) is 1. The molecule has 0 fully saturated rings. The molecule has 0 aliphatic carbocycles. The van der Waals surface area contributed by atoms with Crippen molar-refractivity contribution >= 4 is 5.82 Å².